The van der Waals surface area contributed by atoms with Gasteiger partial charge in [-0.3, -0.25) is 4.90 Å². The number of aryl methyl sites for hydroxylation is 2. The Morgan fingerprint density at radius 2 is 1.13 bits per heavy atom. The van der Waals surface area contributed by atoms with Crippen LogP contribution in [0.25, 0.3) is 0 Å². The van der Waals surface area contributed by atoms with E-state index in [1.165, 1.54) is 0 Å². The Balaban J connectivity index is 2.44. The third kappa shape index (κ3) is 6.47. The second kappa shape index (κ2) is 9.62. The lowest BCUT2D eigenvalue weighted by atomic mass is 9.83. The minimum Gasteiger partial charge on any atom is -0.507 e. The lowest BCUT2D eigenvalue weighted by Crippen LogP contribution is -2.27. The molecule has 2 aromatic rings. The molecule has 31 heavy (non-hydrogen) atoms. The topological polar surface area (TPSA) is 52.9 Å². The number of rotatable bonds is 7. The van der Waals surface area contributed by atoms with E-state index in [0.717, 1.165) is 33.4 Å². The Morgan fingerprint density at radius 1 is 0.742 bits per heavy atom. The van der Waals surface area contributed by atoms with Gasteiger partial charge in [-0.25, -0.2) is 0 Å². The first kappa shape index (κ1) is 25.2. The van der Waals surface area contributed by atoms with Crippen LogP contribution in [0.15, 0.2) is 24.3 Å². The summed E-state index contributed by atoms with van der Waals surface area (Å²) in [6.07, 6.45) is 0. The lowest BCUT2D eigenvalue weighted by molar-refractivity contribution is 0.138. The Kier molecular flexibility index (Phi) is 7.83. The van der Waals surface area contributed by atoms with Crippen LogP contribution in [0.5, 0.6) is 11.5 Å². The normalized spacial score (nSPS) is 12.6. The summed E-state index contributed by atoms with van der Waals surface area (Å²) in [4.78, 5) is 2.23. The van der Waals surface area contributed by atoms with Crippen LogP contribution < -0.4 is 0 Å². The van der Waals surface area contributed by atoms with E-state index in [-0.39, 0.29) is 10.8 Å². The van der Waals surface area contributed by atoms with E-state index >= 15 is 0 Å². The van der Waals surface area contributed by atoms with Crippen LogP contribution in [-0.2, 0) is 28.7 Å². The summed E-state index contributed by atoms with van der Waals surface area (Å²) in [7, 11) is 1.70. The van der Waals surface area contributed by atoms with Crippen LogP contribution >= 0.6 is 0 Å². The molecule has 0 bridgehead atoms. The Morgan fingerprint density at radius 3 is 1.45 bits per heavy atom. The molecule has 0 saturated heterocycles. The molecule has 2 aromatic carbocycles. The molecule has 0 atom stereocenters. The van der Waals surface area contributed by atoms with Gasteiger partial charge in [-0.2, -0.15) is 0 Å². The van der Waals surface area contributed by atoms with E-state index in [1.807, 2.05) is 0 Å². The molecule has 0 aliphatic carbocycles. The fraction of sp³-hybridized carbons (Fsp3) is 0.556. The van der Waals surface area contributed by atoms with Gasteiger partial charge in [0.15, 0.2) is 0 Å². The van der Waals surface area contributed by atoms with Crippen molar-refractivity contribution in [1.29, 1.82) is 0 Å². The number of aromatic hydroxyl groups is 2. The average molecular weight is 428 g/mol. The number of hydrogen-bond acceptors (Lipinski definition) is 4. The van der Waals surface area contributed by atoms with E-state index < -0.39 is 0 Å². The van der Waals surface area contributed by atoms with Crippen molar-refractivity contribution < 1.29 is 14.9 Å². The van der Waals surface area contributed by atoms with E-state index in [1.54, 1.807) is 7.11 Å². The summed E-state index contributed by atoms with van der Waals surface area (Å²) in [5, 5.41) is 22.1. The number of ether oxygens (including phenoxy) is 1. The lowest BCUT2D eigenvalue weighted by Gasteiger charge is -2.28. The van der Waals surface area contributed by atoms with Gasteiger partial charge in [-0.15, -0.1) is 0 Å². The van der Waals surface area contributed by atoms with Crippen LogP contribution in [0.3, 0.4) is 0 Å². The number of phenolic OH excluding ortho intramolecular Hbond substituents is 2. The highest BCUT2D eigenvalue weighted by atomic mass is 16.5. The first-order valence-electron chi connectivity index (χ1n) is 11.1. The van der Waals surface area contributed by atoms with Crippen molar-refractivity contribution in [3.8, 4) is 11.5 Å². The third-order valence-electron chi connectivity index (χ3n) is 5.68. The van der Waals surface area contributed by atoms with Gasteiger partial charge in [-0.05, 0) is 35.8 Å². The van der Waals surface area contributed by atoms with Crippen molar-refractivity contribution in [2.75, 3.05) is 20.3 Å². The molecule has 0 aromatic heterocycles. The second-order valence-electron chi connectivity index (χ2n) is 10.8. The van der Waals surface area contributed by atoms with Crippen LogP contribution in [0, 0.1) is 13.8 Å². The van der Waals surface area contributed by atoms with Crippen LogP contribution in [0.1, 0.15) is 74.9 Å². The van der Waals surface area contributed by atoms with E-state index in [9.17, 15) is 10.2 Å². The fourth-order valence-electron chi connectivity index (χ4n) is 4.01. The maximum atomic E-state index is 11.0. The Hall–Kier alpha value is -2.04. The minimum atomic E-state index is -0.140. The predicted molar refractivity (Wildman–Crippen MR) is 129 cm³/mol. The molecule has 2 rings (SSSR count). The van der Waals surface area contributed by atoms with E-state index in [0.29, 0.717) is 37.7 Å². The van der Waals surface area contributed by atoms with Gasteiger partial charge in [-0.1, -0.05) is 76.9 Å². The minimum absolute atomic E-state index is 0.140. The molecule has 2 N–H and O–H groups in total. The van der Waals surface area contributed by atoms with Gasteiger partial charge in [0.2, 0.25) is 0 Å². The van der Waals surface area contributed by atoms with Gasteiger partial charge < -0.3 is 14.9 Å². The van der Waals surface area contributed by atoms with Crippen molar-refractivity contribution in [2.45, 2.75) is 79.3 Å². The smallest absolute Gasteiger partial charge is 0.123 e. The highest BCUT2D eigenvalue weighted by Crippen LogP contribution is 2.37. The molecule has 0 fully saturated rings. The highest BCUT2D eigenvalue weighted by Gasteiger charge is 2.24. The van der Waals surface area contributed by atoms with Crippen molar-refractivity contribution in [2.24, 2.45) is 0 Å². The first-order chi connectivity index (χ1) is 14.2. The molecule has 0 aliphatic heterocycles. The maximum Gasteiger partial charge on any atom is 0.123 e. The van der Waals surface area contributed by atoms with Gasteiger partial charge >= 0.3 is 0 Å². The molecule has 0 spiro atoms. The maximum absolute atomic E-state index is 11.0. The molecular weight excluding hydrogens is 386 g/mol. The number of hydrogen-bond donors (Lipinski definition) is 2. The van der Waals surface area contributed by atoms with E-state index in [4.69, 9.17) is 4.74 Å². The molecule has 4 nitrogen and oxygen atoms in total. The molecule has 0 radical (unpaired) electrons. The highest BCUT2D eigenvalue weighted by molar-refractivity contribution is 5.48. The number of methoxy groups -OCH3 is 1. The standard InChI is InChI=1S/C27H41NO3/c1-18-12-20(24(29)22(14-18)26(3,4)5)16-28(10-11-31-9)17-21-13-19(2)15-23(25(21)30)27(6,7)8/h12-15,29-30H,10-11,16-17H2,1-9H3. The van der Waals surface area contributed by atoms with Crippen LogP contribution in [0.2, 0.25) is 0 Å². The first-order valence-corrected chi connectivity index (χ1v) is 11.1. The van der Waals surface area contributed by atoms with Crippen LogP contribution in [-0.4, -0.2) is 35.4 Å². The monoisotopic (exact) mass is 427 g/mol. The van der Waals surface area contributed by atoms with Crippen molar-refractivity contribution in [1.82, 2.24) is 4.90 Å². The summed E-state index contributed by atoms with van der Waals surface area (Å²) in [5.41, 5.74) is 5.73. The second-order valence-corrected chi connectivity index (χ2v) is 10.8. The number of nitrogens with zero attached hydrogens (tertiary/aromatic N) is 1. The quantitative estimate of drug-likeness (QED) is 0.572. The van der Waals surface area contributed by atoms with Crippen molar-refractivity contribution >= 4 is 0 Å². The van der Waals surface area contributed by atoms with Crippen molar-refractivity contribution in [3.05, 3.63) is 57.6 Å². The number of phenols is 2. The summed E-state index contributed by atoms with van der Waals surface area (Å²) in [6, 6.07) is 8.25. The fourth-order valence-corrected chi connectivity index (χ4v) is 4.01. The molecule has 172 valence electrons. The molecule has 0 amide bonds. The zero-order valence-electron chi connectivity index (χ0n) is 20.9. The summed E-state index contributed by atoms with van der Waals surface area (Å²) in [5.74, 6) is 0.730. The molecule has 0 aliphatic rings. The summed E-state index contributed by atoms with van der Waals surface area (Å²) < 4.78 is 5.34. The SMILES string of the molecule is COCCN(Cc1cc(C)cc(C(C)(C)C)c1O)Cc1cc(C)cc(C(C)(C)C)c1O. The third-order valence-corrected chi connectivity index (χ3v) is 5.68. The predicted octanol–water partition coefficient (Wildman–Crippen LogP) is 5.96. The molecular formula is C27H41NO3. The zero-order chi connectivity index (χ0) is 23.6. The van der Waals surface area contributed by atoms with Gasteiger partial charge in [0.05, 0.1) is 6.61 Å². The van der Waals surface area contributed by atoms with Gasteiger partial charge in [0, 0.05) is 37.9 Å². The van der Waals surface area contributed by atoms with Crippen molar-refractivity contribution in [3.63, 3.8) is 0 Å². The van der Waals surface area contributed by atoms with Crippen LogP contribution in [0.4, 0.5) is 0 Å². The largest absolute Gasteiger partial charge is 0.507 e. The molecule has 0 unspecified atom stereocenters. The summed E-state index contributed by atoms with van der Waals surface area (Å²) >= 11 is 0. The van der Waals surface area contributed by atoms with E-state index in [2.05, 4.69) is 84.6 Å². The van der Waals surface area contributed by atoms with Gasteiger partial charge in [0.1, 0.15) is 11.5 Å². The molecule has 4 heteroatoms. The zero-order valence-corrected chi connectivity index (χ0v) is 20.9. The average Bonchev–Trinajstić information content (AvgIpc) is 2.63. The van der Waals surface area contributed by atoms with Gasteiger partial charge in [0.25, 0.3) is 0 Å². The Bertz CT molecular complexity index is 833. The summed E-state index contributed by atoms with van der Waals surface area (Å²) in [6.45, 7) is 19.3. The Labute approximate surface area is 188 Å². The molecule has 0 heterocycles. The number of benzene rings is 2. The molecule has 0 saturated carbocycles.